The van der Waals surface area contributed by atoms with Crippen LogP contribution in [-0.4, -0.2) is 19.9 Å². The molecule has 2 heterocycles. The SMILES string of the molecule is c1ccc(-c2cc(-c3ccccc3)cc(-c3nc(-c4ccccc4)nc(-c4cccc5c4C4(c6ncccc6-5)C5CC6CC(C5)CC4C6)n3)c2)cc1. The van der Waals surface area contributed by atoms with E-state index >= 15 is 0 Å². The Hall–Kier alpha value is -5.74. The van der Waals surface area contributed by atoms with E-state index in [1.54, 1.807) is 0 Å². The summed E-state index contributed by atoms with van der Waals surface area (Å²) in [4.78, 5) is 21.3. The molecule has 0 aliphatic heterocycles. The number of hydrogen-bond donors (Lipinski definition) is 0. The molecule has 0 radical (unpaired) electrons. The van der Waals surface area contributed by atoms with Gasteiger partial charge in [-0.3, -0.25) is 4.98 Å². The summed E-state index contributed by atoms with van der Waals surface area (Å²) in [6, 6.07) is 49.6. The van der Waals surface area contributed by atoms with Gasteiger partial charge >= 0.3 is 0 Å². The van der Waals surface area contributed by atoms with Crippen molar-refractivity contribution in [1.82, 2.24) is 19.9 Å². The van der Waals surface area contributed by atoms with Gasteiger partial charge < -0.3 is 0 Å². The summed E-state index contributed by atoms with van der Waals surface area (Å²) in [6.45, 7) is 0. The number of nitrogens with zero attached hydrogens (tertiary/aromatic N) is 4. The Morgan fingerprint density at radius 2 is 0.904 bits per heavy atom. The minimum absolute atomic E-state index is 0.108. The Labute approximate surface area is 304 Å². The highest BCUT2D eigenvalue weighted by atomic mass is 15.0. The van der Waals surface area contributed by atoms with Gasteiger partial charge in [0.2, 0.25) is 0 Å². The predicted octanol–water partition coefficient (Wildman–Crippen LogP) is 11.3. The molecule has 1 spiro atoms. The van der Waals surface area contributed by atoms with Gasteiger partial charge in [0.25, 0.3) is 0 Å². The van der Waals surface area contributed by atoms with Gasteiger partial charge in [-0.2, -0.15) is 0 Å². The second-order valence-electron chi connectivity index (χ2n) is 15.5. The first-order valence-corrected chi connectivity index (χ1v) is 18.9. The zero-order valence-electron chi connectivity index (χ0n) is 29.0. The molecule has 0 saturated heterocycles. The van der Waals surface area contributed by atoms with Crippen molar-refractivity contribution in [3.8, 4) is 67.5 Å². The Morgan fingerprint density at radius 1 is 0.404 bits per heavy atom. The van der Waals surface area contributed by atoms with Gasteiger partial charge in [0.1, 0.15) is 0 Å². The van der Waals surface area contributed by atoms with E-state index in [2.05, 4.69) is 133 Å². The average molecular weight is 671 g/mol. The first kappa shape index (κ1) is 29.9. The number of fused-ring (bicyclic) bond motifs is 3. The summed E-state index contributed by atoms with van der Waals surface area (Å²) >= 11 is 0. The first-order chi connectivity index (χ1) is 25.7. The third-order valence-corrected chi connectivity index (χ3v) is 12.7. The monoisotopic (exact) mass is 670 g/mol. The molecule has 4 heteroatoms. The minimum atomic E-state index is -0.108. The van der Waals surface area contributed by atoms with Gasteiger partial charge in [0.05, 0.1) is 5.69 Å². The molecule has 52 heavy (non-hydrogen) atoms. The van der Waals surface area contributed by atoms with Crippen LogP contribution in [0.5, 0.6) is 0 Å². The van der Waals surface area contributed by atoms with E-state index in [1.807, 2.05) is 12.3 Å². The summed E-state index contributed by atoms with van der Waals surface area (Å²) in [6.07, 6.45) is 8.62. The zero-order chi connectivity index (χ0) is 34.2. The maximum absolute atomic E-state index is 5.46. The lowest BCUT2D eigenvalue weighted by Gasteiger charge is -2.60. The molecule has 4 fully saturated rings. The van der Waals surface area contributed by atoms with E-state index in [1.165, 1.54) is 54.5 Å². The van der Waals surface area contributed by atoms with Gasteiger partial charge in [-0.25, -0.2) is 15.0 Å². The van der Waals surface area contributed by atoms with Crippen molar-refractivity contribution in [2.45, 2.75) is 37.5 Å². The molecule has 0 atom stereocenters. The van der Waals surface area contributed by atoms with E-state index in [-0.39, 0.29) is 5.41 Å². The Balaban J connectivity index is 1.16. The van der Waals surface area contributed by atoms with Crippen LogP contribution in [0, 0.1) is 23.7 Å². The van der Waals surface area contributed by atoms with Crippen LogP contribution in [0.4, 0.5) is 0 Å². The van der Waals surface area contributed by atoms with Crippen molar-refractivity contribution in [2.75, 3.05) is 0 Å². The molecule has 250 valence electrons. The standard InChI is InChI=1S/C48H38N4/c1-4-12-32(13-5-1)35-27-36(33-14-6-2-7-15-33)29-37(28-35)46-50-45(34-16-8-3-9-17-34)51-47(52-46)42-19-10-18-40-41-20-11-21-49-44(41)48(43(40)42)38-23-30-22-31(25-38)26-39(48)24-30/h1-21,27-31,38-39H,22-26H2. The molecule has 4 saturated carbocycles. The fourth-order valence-corrected chi connectivity index (χ4v) is 10.9. The fourth-order valence-electron chi connectivity index (χ4n) is 10.9. The zero-order valence-corrected chi connectivity index (χ0v) is 29.0. The third kappa shape index (κ3) is 4.53. The van der Waals surface area contributed by atoms with Crippen LogP contribution in [0.25, 0.3) is 67.5 Å². The summed E-state index contributed by atoms with van der Waals surface area (Å²) < 4.78 is 0. The van der Waals surface area contributed by atoms with Gasteiger partial charge in [-0.1, -0.05) is 115 Å². The highest BCUT2D eigenvalue weighted by Crippen LogP contribution is 2.70. The molecule has 7 aromatic rings. The summed E-state index contributed by atoms with van der Waals surface area (Å²) in [5.41, 5.74) is 12.9. The van der Waals surface area contributed by atoms with E-state index in [9.17, 15) is 0 Å². The normalized spacial score (nSPS) is 23.5. The highest BCUT2D eigenvalue weighted by Gasteiger charge is 2.63. The molecule has 5 aliphatic carbocycles. The van der Waals surface area contributed by atoms with Crippen molar-refractivity contribution in [3.63, 3.8) is 0 Å². The molecule has 0 amide bonds. The minimum Gasteiger partial charge on any atom is -0.260 e. The lowest BCUT2D eigenvalue weighted by atomic mass is 9.43. The number of rotatable bonds is 5. The van der Waals surface area contributed by atoms with E-state index in [0.717, 1.165) is 56.6 Å². The molecular formula is C48H38N4. The van der Waals surface area contributed by atoms with Crippen molar-refractivity contribution < 1.29 is 0 Å². The lowest BCUT2D eigenvalue weighted by Crippen LogP contribution is -2.55. The van der Waals surface area contributed by atoms with Crippen LogP contribution in [0.15, 0.2) is 146 Å². The molecular weight excluding hydrogens is 633 g/mol. The maximum atomic E-state index is 5.46. The van der Waals surface area contributed by atoms with Gasteiger partial charge in [0.15, 0.2) is 17.5 Å². The smallest absolute Gasteiger partial charge is 0.164 e. The Morgan fingerprint density at radius 3 is 1.52 bits per heavy atom. The van der Waals surface area contributed by atoms with E-state index in [0.29, 0.717) is 23.5 Å². The van der Waals surface area contributed by atoms with Gasteiger partial charge in [-0.15, -0.1) is 0 Å². The Kier molecular flexibility index (Phi) is 6.70. The molecule has 5 aromatic carbocycles. The largest absolute Gasteiger partial charge is 0.260 e. The first-order valence-electron chi connectivity index (χ1n) is 18.9. The van der Waals surface area contributed by atoms with Crippen LogP contribution in [0.3, 0.4) is 0 Å². The quantitative estimate of drug-likeness (QED) is 0.183. The molecule has 0 unspecified atom stereocenters. The molecule has 4 nitrogen and oxygen atoms in total. The fraction of sp³-hybridized carbons (Fsp3) is 0.208. The lowest BCUT2D eigenvalue weighted by molar-refractivity contribution is -0.0413. The number of hydrogen-bond acceptors (Lipinski definition) is 4. The van der Waals surface area contributed by atoms with E-state index < -0.39 is 0 Å². The molecule has 5 aliphatic rings. The molecule has 4 bridgehead atoms. The van der Waals surface area contributed by atoms with Crippen molar-refractivity contribution >= 4 is 0 Å². The van der Waals surface area contributed by atoms with Gasteiger partial charge in [0, 0.05) is 33.9 Å². The topological polar surface area (TPSA) is 51.6 Å². The molecule has 2 aromatic heterocycles. The summed E-state index contributed by atoms with van der Waals surface area (Å²) in [7, 11) is 0. The van der Waals surface area contributed by atoms with Crippen LogP contribution in [-0.2, 0) is 5.41 Å². The van der Waals surface area contributed by atoms with E-state index in [4.69, 9.17) is 19.9 Å². The van der Waals surface area contributed by atoms with Gasteiger partial charge in [-0.05, 0) is 113 Å². The number of aromatic nitrogens is 4. The van der Waals surface area contributed by atoms with Crippen LogP contribution < -0.4 is 0 Å². The van der Waals surface area contributed by atoms with Crippen molar-refractivity contribution in [3.05, 3.63) is 157 Å². The van der Waals surface area contributed by atoms with Crippen LogP contribution in [0.2, 0.25) is 0 Å². The Bertz CT molecular complexity index is 2390. The van der Waals surface area contributed by atoms with Crippen molar-refractivity contribution in [1.29, 1.82) is 0 Å². The summed E-state index contributed by atoms with van der Waals surface area (Å²) in [5, 5.41) is 0. The number of pyridine rings is 1. The van der Waals surface area contributed by atoms with Crippen molar-refractivity contribution in [2.24, 2.45) is 23.7 Å². The van der Waals surface area contributed by atoms with Crippen LogP contribution in [0.1, 0.15) is 43.4 Å². The average Bonchev–Trinajstić information content (AvgIpc) is 3.51. The second kappa shape index (κ2) is 11.6. The maximum Gasteiger partial charge on any atom is 0.164 e. The second-order valence-corrected chi connectivity index (χ2v) is 15.5. The molecule has 0 N–H and O–H groups in total. The van der Waals surface area contributed by atoms with Crippen LogP contribution >= 0.6 is 0 Å². The third-order valence-electron chi connectivity index (χ3n) is 12.7. The number of benzene rings is 5. The predicted molar refractivity (Wildman–Crippen MR) is 208 cm³/mol. The molecule has 12 rings (SSSR count). The highest BCUT2D eigenvalue weighted by molar-refractivity contribution is 5.88. The summed E-state index contributed by atoms with van der Waals surface area (Å²) in [5.74, 6) is 4.99.